The Bertz CT molecular complexity index is 843. The number of carboxylic acids is 1. The lowest BCUT2D eigenvalue weighted by Crippen LogP contribution is -2.46. The van der Waals surface area contributed by atoms with Gasteiger partial charge in [0.15, 0.2) is 0 Å². The van der Waals surface area contributed by atoms with Gasteiger partial charge in [0.1, 0.15) is 18.0 Å². The quantitative estimate of drug-likeness (QED) is 0.825. The van der Waals surface area contributed by atoms with Crippen LogP contribution >= 0.6 is 0 Å². The molecule has 0 radical (unpaired) electrons. The minimum Gasteiger partial charge on any atom is -0.480 e. The molecule has 27 heavy (non-hydrogen) atoms. The number of H-pyrrole nitrogens is 1. The van der Waals surface area contributed by atoms with E-state index in [-0.39, 0.29) is 22.6 Å². The number of rotatable bonds is 5. The summed E-state index contributed by atoms with van der Waals surface area (Å²) < 4.78 is 46.9. The van der Waals surface area contributed by atoms with Crippen molar-refractivity contribution in [2.24, 2.45) is 0 Å². The highest BCUT2D eigenvalue weighted by molar-refractivity contribution is 6.00. The van der Waals surface area contributed by atoms with Crippen molar-refractivity contribution in [3.63, 3.8) is 0 Å². The highest BCUT2D eigenvalue weighted by atomic mass is 19.4. The van der Waals surface area contributed by atoms with E-state index in [0.717, 1.165) is 6.07 Å². The first-order valence-electron chi connectivity index (χ1n) is 8.22. The Morgan fingerprint density at radius 3 is 2.63 bits per heavy atom. The number of ether oxygens (including phenoxy) is 2. The predicted octanol–water partition coefficient (Wildman–Crippen LogP) is 2.77. The number of amides is 1. The van der Waals surface area contributed by atoms with Crippen LogP contribution in [0.2, 0.25) is 0 Å². The Morgan fingerprint density at radius 2 is 2.00 bits per heavy atom. The average Bonchev–Trinajstić information content (AvgIpc) is 3.04. The first kappa shape index (κ1) is 19.0. The van der Waals surface area contributed by atoms with Crippen LogP contribution in [0, 0.1) is 0 Å². The molecule has 0 aliphatic carbocycles. The van der Waals surface area contributed by atoms with Gasteiger partial charge < -0.3 is 24.5 Å². The number of hydrogen-bond donors (Lipinski definition) is 2. The first-order valence-corrected chi connectivity index (χ1v) is 8.22. The van der Waals surface area contributed by atoms with E-state index in [9.17, 15) is 22.8 Å². The highest BCUT2D eigenvalue weighted by Gasteiger charge is 2.33. The summed E-state index contributed by atoms with van der Waals surface area (Å²) >= 11 is 0. The molecule has 1 aromatic heterocycles. The molecule has 1 amide bonds. The van der Waals surface area contributed by atoms with E-state index >= 15 is 0 Å². The lowest BCUT2D eigenvalue weighted by atomic mass is 10.1. The molecule has 1 saturated heterocycles. The van der Waals surface area contributed by atoms with Gasteiger partial charge in [0.2, 0.25) is 0 Å². The zero-order valence-electron chi connectivity index (χ0n) is 14.1. The van der Waals surface area contributed by atoms with Crippen LogP contribution in [0.3, 0.4) is 0 Å². The minimum absolute atomic E-state index is 0.00373. The Morgan fingerprint density at radius 1 is 1.30 bits per heavy atom. The number of carbonyl (C=O) groups is 2. The maximum Gasteiger partial charge on any atom is 0.573 e. The highest BCUT2D eigenvalue weighted by Crippen LogP contribution is 2.31. The normalized spacial score (nSPS) is 15.7. The van der Waals surface area contributed by atoms with Gasteiger partial charge in [-0.15, -0.1) is 13.2 Å². The van der Waals surface area contributed by atoms with Gasteiger partial charge in [0.25, 0.3) is 5.91 Å². The Balaban J connectivity index is 1.93. The lowest BCUT2D eigenvalue weighted by Gasteiger charge is -2.32. The number of fused-ring (bicyclic) bond motifs is 1. The number of nitrogens with one attached hydrogen (secondary N) is 1. The topological polar surface area (TPSA) is 91.9 Å². The molecule has 0 spiro atoms. The summed E-state index contributed by atoms with van der Waals surface area (Å²) in [5, 5.41) is 9.23. The number of aromatic nitrogens is 1. The summed E-state index contributed by atoms with van der Waals surface area (Å²) in [4.78, 5) is 28.0. The fraction of sp³-hybridized carbons (Fsp3) is 0.412. The molecule has 2 N–H and O–H groups in total. The molecule has 10 heteroatoms. The van der Waals surface area contributed by atoms with Crippen molar-refractivity contribution in [3.8, 4) is 5.75 Å². The molecule has 2 heterocycles. The first-order chi connectivity index (χ1) is 12.7. The average molecular weight is 386 g/mol. The molecule has 146 valence electrons. The van der Waals surface area contributed by atoms with Crippen molar-refractivity contribution in [3.05, 3.63) is 30.0 Å². The molecular weight excluding hydrogens is 369 g/mol. The molecule has 0 atom stereocenters. The van der Waals surface area contributed by atoms with Crippen LogP contribution in [0.5, 0.6) is 5.75 Å². The molecule has 1 aliphatic heterocycles. The van der Waals surface area contributed by atoms with E-state index in [4.69, 9.17) is 9.84 Å². The standard InChI is InChI=1S/C17H17F3N2O5/c18-17(19,20)27-14-3-1-2-12-11(14)8-13(21-12)16(25)22(9-15(23)24)10-4-6-26-7-5-10/h1-3,8,10,21H,4-7,9H2,(H,23,24). The van der Waals surface area contributed by atoms with Gasteiger partial charge in [0.05, 0.1) is 0 Å². The molecule has 7 nitrogen and oxygen atoms in total. The van der Waals surface area contributed by atoms with E-state index in [1.165, 1.54) is 23.1 Å². The largest absolute Gasteiger partial charge is 0.573 e. The van der Waals surface area contributed by atoms with Crippen LogP contribution in [0.15, 0.2) is 24.3 Å². The third kappa shape index (κ3) is 4.51. The van der Waals surface area contributed by atoms with E-state index in [2.05, 4.69) is 9.72 Å². The molecule has 3 rings (SSSR count). The summed E-state index contributed by atoms with van der Waals surface area (Å²) in [5.41, 5.74) is 0.276. The van der Waals surface area contributed by atoms with Crippen molar-refractivity contribution in [2.75, 3.05) is 19.8 Å². The maximum atomic E-state index is 12.9. The van der Waals surface area contributed by atoms with Crippen molar-refractivity contribution >= 4 is 22.8 Å². The number of carboxylic acid groups (broad SMARTS) is 1. The molecule has 0 saturated carbocycles. The smallest absolute Gasteiger partial charge is 0.480 e. The minimum atomic E-state index is -4.87. The molecule has 2 aromatic rings. The zero-order chi connectivity index (χ0) is 19.6. The van der Waals surface area contributed by atoms with Crippen molar-refractivity contribution < 1.29 is 37.3 Å². The Hall–Kier alpha value is -2.75. The Labute approximate surface area is 151 Å². The number of aliphatic carboxylic acids is 1. The van der Waals surface area contributed by atoms with Gasteiger partial charge in [-0.1, -0.05) is 6.07 Å². The van der Waals surface area contributed by atoms with Crippen LogP contribution in [0.1, 0.15) is 23.3 Å². The van der Waals surface area contributed by atoms with Gasteiger partial charge in [-0.05, 0) is 31.0 Å². The molecule has 1 aliphatic rings. The second-order valence-corrected chi connectivity index (χ2v) is 6.12. The SMILES string of the molecule is O=C(O)CN(C(=O)c1cc2c(OC(F)(F)F)cccc2[nH]1)C1CCOCC1. The molecule has 0 bridgehead atoms. The predicted molar refractivity (Wildman–Crippen MR) is 87.5 cm³/mol. The second kappa shape index (κ2) is 7.47. The van der Waals surface area contributed by atoms with Gasteiger partial charge in [-0.2, -0.15) is 0 Å². The van der Waals surface area contributed by atoms with Crippen molar-refractivity contribution in [1.82, 2.24) is 9.88 Å². The third-order valence-electron chi connectivity index (χ3n) is 4.28. The third-order valence-corrected chi connectivity index (χ3v) is 4.28. The van der Waals surface area contributed by atoms with Crippen LogP contribution in [-0.4, -0.2) is 59.0 Å². The maximum absolute atomic E-state index is 12.9. The van der Waals surface area contributed by atoms with E-state index in [1.807, 2.05) is 0 Å². The molecule has 1 aromatic carbocycles. The summed E-state index contributed by atoms with van der Waals surface area (Å²) in [6.45, 7) is 0.305. The monoisotopic (exact) mass is 386 g/mol. The van der Waals surface area contributed by atoms with Crippen LogP contribution < -0.4 is 4.74 Å². The van der Waals surface area contributed by atoms with Gasteiger partial charge in [0, 0.05) is 30.2 Å². The number of benzene rings is 1. The van der Waals surface area contributed by atoms with E-state index < -0.39 is 30.5 Å². The Kier molecular flexibility index (Phi) is 5.26. The van der Waals surface area contributed by atoms with E-state index in [0.29, 0.717) is 26.1 Å². The van der Waals surface area contributed by atoms with Gasteiger partial charge in [-0.25, -0.2) is 0 Å². The number of alkyl halides is 3. The van der Waals surface area contributed by atoms with Gasteiger partial charge >= 0.3 is 12.3 Å². The lowest BCUT2D eigenvalue weighted by molar-refractivity contribution is -0.274. The van der Waals surface area contributed by atoms with Crippen molar-refractivity contribution in [2.45, 2.75) is 25.2 Å². The molecular formula is C17H17F3N2O5. The van der Waals surface area contributed by atoms with Crippen LogP contribution in [0.4, 0.5) is 13.2 Å². The summed E-state index contributed by atoms with van der Waals surface area (Å²) in [6.07, 6.45) is -3.89. The van der Waals surface area contributed by atoms with Gasteiger partial charge in [-0.3, -0.25) is 9.59 Å². The number of carbonyl (C=O) groups excluding carboxylic acids is 1. The van der Waals surface area contributed by atoms with Crippen LogP contribution in [-0.2, 0) is 9.53 Å². The van der Waals surface area contributed by atoms with Crippen LogP contribution in [0.25, 0.3) is 10.9 Å². The summed E-state index contributed by atoms with van der Waals surface area (Å²) in [7, 11) is 0. The van der Waals surface area contributed by atoms with Crippen molar-refractivity contribution in [1.29, 1.82) is 0 Å². The second-order valence-electron chi connectivity index (χ2n) is 6.12. The number of nitrogens with zero attached hydrogens (tertiary/aromatic N) is 1. The summed E-state index contributed by atoms with van der Waals surface area (Å²) in [6, 6.07) is 4.94. The molecule has 1 fully saturated rings. The summed E-state index contributed by atoms with van der Waals surface area (Å²) in [5.74, 6) is -2.21. The molecule has 0 unspecified atom stereocenters. The fourth-order valence-electron chi connectivity index (χ4n) is 3.12. The number of hydrogen-bond acceptors (Lipinski definition) is 4. The zero-order valence-corrected chi connectivity index (χ0v) is 14.1. The number of halogens is 3. The fourth-order valence-corrected chi connectivity index (χ4v) is 3.12. The number of aromatic amines is 1. The van der Waals surface area contributed by atoms with E-state index in [1.54, 1.807) is 0 Å².